The Labute approximate surface area is 105 Å². The van der Waals surface area contributed by atoms with Gasteiger partial charge in [0, 0.05) is 26.7 Å². The van der Waals surface area contributed by atoms with Gasteiger partial charge in [-0.25, -0.2) is 9.97 Å². The SMILES string of the molecule is Cn1ncc2c(N3CCC(CCO)C3)ncnc21. The molecular formula is C12H17N5O. The molecule has 2 aromatic heterocycles. The fourth-order valence-electron chi connectivity index (χ4n) is 2.64. The Morgan fingerprint density at radius 3 is 3.17 bits per heavy atom. The molecule has 1 N–H and O–H groups in total. The lowest BCUT2D eigenvalue weighted by Crippen LogP contribution is -2.21. The molecular weight excluding hydrogens is 230 g/mol. The number of hydrogen-bond donors (Lipinski definition) is 1. The monoisotopic (exact) mass is 247 g/mol. The van der Waals surface area contributed by atoms with Crippen molar-refractivity contribution in [2.45, 2.75) is 12.8 Å². The molecule has 2 aromatic rings. The quantitative estimate of drug-likeness (QED) is 0.859. The van der Waals surface area contributed by atoms with Crippen molar-refractivity contribution in [2.75, 3.05) is 24.6 Å². The number of fused-ring (bicyclic) bond motifs is 1. The second kappa shape index (κ2) is 4.53. The molecule has 3 heterocycles. The lowest BCUT2D eigenvalue weighted by atomic mass is 10.1. The lowest BCUT2D eigenvalue weighted by Gasteiger charge is -2.17. The Hall–Kier alpha value is -1.69. The highest BCUT2D eigenvalue weighted by molar-refractivity contribution is 5.86. The summed E-state index contributed by atoms with van der Waals surface area (Å²) in [5, 5.41) is 14.2. The molecule has 0 radical (unpaired) electrons. The summed E-state index contributed by atoms with van der Waals surface area (Å²) in [4.78, 5) is 10.9. The van der Waals surface area contributed by atoms with Gasteiger partial charge in [-0.2, -0.15) is 5.10 Å². The van der Waals surface area contributed by atoms with Crippen LogP contribution in [0.4, 0.5) is 5.82 Å². The summed E-state index contributed by atoms with van der Waals surface area (Å²) in [6, 6.07) is 0. The van der Waals surface area contributed by atoms with Gasteiger partial charge in [-0.15, -0.1) is 0 Å². The standard InChI is InChI=1S/C12H17N5O/c1-16-11-10(6-15-16)12(14-8-13-11)17-4-2-9(7-17)3-5-18/h6,8-9,18H,2-5,7H2,1H3. The maximum Gasteiger partial charge on any atom is 0.163 e. The highest BCUT2D eigenvalue weighted by Gasteiger charge is 2.24. The molecule has 0 aromatic carbocycles. The molecule has 1 atom stereocenters. The van der Waals surface area contributed by atoms with E-state index in [0.717, 1.165) is 42.8 Å². The van der Waals surface area contributed by atoms with E-state index < -0.39 is 0 Å². The van der Waals surface area contributed by atoms with Crippen molar-refractivity contribution in [1.29, 1.82) is 0 Å². The Bertz CT molecular complexity index is 552. The topological polar surface area (TPSA) is 67.1 Å². The first-order valence-electron chi connectivity index (χ1n) is 6.28. The summed E-state index contributed by atoms with van der Waals surface area (Å²) >= 11 is 0. The van der Waals surface area contributed by atoms with Crippen LogP contribution in [0.1, 0.15) is 12.8 Å². The third-order valence-corrected chi connectivity index (χ3v) is 3.63. The van der Waals surface area contributed by atoms with Crippen LogP contribution in [0, 0.1) is 5.92 Å². The molecule has 1 aliphatic heterocycles. The number of aliphatic hydroxyl groups is 1. The van der Waals surface area contributed by atoms with Crippen LogP contribution in [-0.2, 0) is 7.05 Å². The van der Waals surface area contributed by atoms with Gasteiger partial charge in [0.2, 0.25) is 0 Å². The first-order valence-corrected chi connectivity index (χ1v) is 6.28. The van der Waals surface area contributed by atoms with Gasteiger partial charge in [0.15, 0.2) is 5.65 Å². The van der Waals surface area contributed by atoms with Crippen LogP contribution in [0.25, 0.3) is 11.0 Å². The summed E-state index contributed by atoms with van der Waals surface area (Å²) in [5.41, 5.74) is 0.866. The van der Waals surface area contributed by atoms with Crippen LogP contribution in [0.2, 0.25) is 0 Å². The van der Waals surface area contributed by atoms with E-state index >= 15 is 0 Å². The molecule has 1 aliphatic rings. The number of aromatic nitrogens is 4. The van der Waals surface area contributed by atoms with Crippen molar-refractivity contribution in [1.82, 2.24) is 19.7 Å². The van der Waals surface area contributed by atoms with Crippen LogP contribution >= 0.6 is 0 Å². The van der Waals surface area contributed by atoms with E-state index in [4.69, 9.17) is 5.11 Å². The number of rotatable bonds is 3. The van der Waals surface area contributed by atoms with Gasteiger partial charge in [0.1, 0.15) is 12.1 Å². The van der Waals surface area contributed by atoms with E-state index in [9.17, 15) is 0 Å². The van der Waals surface area contributed by atoms with E-state index in [1.165, 1.54) is 0 Å². The van der Waals surface area contributed by atoms with Gasteiger partial charge in [-0.05, 0) is 18.8 Å². The minimum atomic E-state index is 0.268. The van der Waals surface area contributed by atoms with Gasteiger partial charge in [-0.3, -0.25) is 4.68 Å². The third kappa shape index (κ3) is 1.82. The zero-order valence-corrected chi connectivity index (χ0v) is 10.5. The molecule has 0 spiro atoms. The van der Waals surface area contributed by atoms with Crippen molar-refractivity contribution < 1.29 is 5.11 Å². The van der Waals surface area contributed by atoms with Gasteiger partial charge in [0.25, 0.3) is 0 Å². The van der Waals surface area contributed by atoms with Crippen molar-refractivity contribution in [2.24, 2.45) is 13.0 Å². The summed E-state index contributed by atoms with van der Waals surface area (Å²) in [6.07, 6.45) is 5.41. The molecule has 1 saturated heterocycles. The van der Waals surface area contributed by atoms with Crippen LogP contribution < -0.4 is 4.90 Å². The minimum absolute atomic E-state index is 0.268. The highest BCUT2D eigenvalue weighted by Crippen LogP contribution is 2.28. The molecule has 3 rings (SSSR count). The molecule has 18 heavy (non-hydrogen) atoms. The van der Waals surface area contributed by atoms with Gasteiger partial charge in [0.05, 0.1) is 11.6 Å². The number of hydrogen-bond acceptors (Lipinski definition) is 5. The second-order valence-electron chi connectivity index (χ2n) is 4.82. The van der Waals surface area contributed by atoms with Gasteiger partial charge >= 0.3 is 0 Å². The lowest BCUT2D eigenvalue weighted by molar-refractivity contribution is 0.263. The molecule has 0 aliphatic carbocycles. The third-order valence-electron chi connectivity index (χ3n) is 3.63. The van der Waals surface area contributed by atoms with Crippen molar-refractivity contribution in [3.05, 3.63) is 12.5 Å². The fourth-order valence-corrected chi connectivity index (χ4v) is 2.64. The van der Waals surface area contributed by atoms with Crippen molar-refractivity contribution in [3.63, 3.8) is 0 Å². The maximum absolute atomic E-state index is 9.00. The predicted molar refractivity (Wildman–Crippen MR) is 68.3 cm³/mol. The minimum Gasteiger partial charge on any atom is -0.396 e. The second-order valence-corrected chi connectivity index (χ2v) is 4.82. The van der Waals surface area contributed by atoms with E-state index in [0.29, 0.717) is 5.92 Å². The van der Waals surface area contributed by atoms with Crippen LogP contribution in [0.5, 0.6) is 0 Å². The Kier molecular flexibility index (Phi) is 2.87. The van der Waals surface area contributed by atoms with Crippen LogP contribution in [0.15, 0.2) is 12.5 Å². The summed E-state index contributed by atoms with van der Waals surface area (Å²) in [7, 11) is 1.89. The smallest absolute Gasteiger partial charge is 0.163 e. The normalized spacial score (nSPS) is 19.9. The summed E-state index contributed by atoms with van der Waals surface area (Å²) < 4.78 is 1.77. The molecule has 6 heteroatoms. The van der Waals surface area contributed by atoms with E-state index in [-0.39, 0.29) is 6.61 Å². The number of aryl methyl sites for hydroxylation is 1. The maximum atomic E-state index is 9.00. The largest absolute Gasteiger partial charge is 0.396 e. The van der Waals surface area contributed by atoms with Crippen molar-refractivity contribution >= 4 is 16.9 Å². The van der Waals surface area contributed by atoms with Crippen LogP contribution in [-0.4, -0.2) is 44.6 Å². The fraction of sp³-hybridized carbons (Fsp3) is 0.583. The zero-order valence-electron chi connectivity index (χ0n) is 10.5. The number of aliphatic hydroxyl groups excluding tert-OH is 1. The van der Waals surface area contributed by atoms with Crippen molar-refractivity contribution in [3.8, 4) is 0 Å². The van der Waals surface area contributed by atoms with Gasteiger partial charge in [-0.1, -0.05) is 0 Å². The molecule has 1 fully saturated rings. The highest BCUT2D eigenvalue weighted by atomic mass is 16.3. The Morgan fingerprint density at radius 2 is 2.33 bits per heavy atom. The van der Waals surface area contributed by atoms with E-state index in [2.05, 4.69) is 20.0 Å². The average molecular weight is 247 g/mol. The average Bonchev–Trinajstić information content (AvgIpc) is 2.98. The van der Waals surface area contributed by atoms with Crippen LogP contribution in [0.3, 0.4) is 0 Å². The first-order chi connectivity index (χ1) is 8.79. The Morgan fingerprint density at radius 1 is 1.44 bits per heavy atom. The number of anilines is 1. The number of nitrogens with zero attached hydrogens (tertiary/aromatic N) is 5. The molecule has 0 saturated carbocycles. The van der Waals surface area contributed by atoms with Gasteiger partial charge < -0.3 is 10.0 Å². The molecule has 0 bridgehead atoms. The van der Waals surface area contributed by atoms with E-state index in [1.54, 1.807) is 11.0 Å². The molecule has 96 valence electrons. The summed E-state index contributed by atoms with van der Waals surface area (Å²) in [5.74, 6) is 1.53. The molecule has 6 nitrogen and oxygen atoms in total. The predicted octanol–water partition coefficient (Wildman–Crippen LogP) is 0.572. The first kappa shape index (κ1) is 11.4. The molecule has 0 amide bonds. The zero-order chi connectivity index (χ0) is 12.5. The molecule has 1 unspecified atom stereocenters. The summed E-state index contributed by atoms with van der Waals surface area (Å²) in [6.45, 7) is 2.22. The Balaban J connectivity index is 1.91. The van der Waals surface area contributed by atoms with E-state index in [1.807, 2.05) is 13.2 Å².